The molecular weight excluding hydrogens is 195 g/mol. The third-order valence-corrected chi connectivity index (χ3v) is 0.762. The van der Waals surface area contributed by atoms with Crippen LogP contribution in [0, 0.1) is 0 Å². The molecule has 0 unspecified atom stereocenters. The summed E-state index contributed by atoms with van der Waals surface area (Å²) >= 11 is 0. The fourth-order valence-electron chi connectivity index (χ4n) is 0.362. The second-order valence-corrected chi connectivity index (χ2v) is 4.14. The summed E-state index contributed by atoms with van der Waals surface area (Å²) in [7, 11) is 7.36. The predicted octanol–water partition coefficient (Wildman–Crippen LogP) is 2.21. The molecule has 0 aliphatic heterocycles. The molecule has 0 aromatic carbocycles. The number of rotatable bonds is 3. The first-order chi connectivity index (χ1) is 4.65. The summed E-state index contributed by atoms with van der Waals surface area (Å²) in [6.45, 7) is 2.48. The van der Waals surface area contributed by atoms with Gasteiger partial charge in [-0.05, 0) is 6.42 Å². The summed E-state index contributed by atoms with van der Waals surface area (Å²) < 4.78 is 9.09. The van der Waals surface area contributed by atoms with Crippen LogP contribution in [0.3, 0.4) is 0 Å². The second kappa shape index (κ2) is 12.5. The molecule has 0 atom stereocenters. The standard InChI is InChI=1S/C5H12O.Cl2OS/c1-2-3-4-5-6;1-4(2)3/h6H,2-5H2,1H3;. The lowest BCUT2D eigenvalue weighted by molar-refractivity contribution is 0.284. The minimum absolute atomic E-state index is 0.355. The third kappa shape index (κ3) is 36.8. The van der Waals surface area contributed by atoms with E-state index in [1.165, 1.54) is 6.42 Å². The van der Waals surface area contributed by atoms with Crippen molar-refractivity contribution in [3.8, 4) is 0 Å². The zero-order valence-electron chi connectivity index (χ0n) is 5.85. The third-order valence-electron chi connectivity index (χ3n) is 0.762. The Hall–Kier alpha value is 0.850. The summed E-state index contributed by atoms with van der Waals surface area (Å²) in [4.78, 5) is 0. The Morgan fingerprint density at radius 3 is 1.90 bits per heavy atom. The van der Waals surface area contributed by atoms with Gasteiger partial charge in [-0.3, -0.25) is 0 Å². The smallest absolute Gasteiger partial charge is 0.198 e. The molecule has 2 nitrogen and oxygen atoms in total. The van der Waals surface area contributed by atoms with Crippen LogP contribution in [-0.2, 0) is 9.60 Å². The van der Waals surface area contributed by atoms with Gasteiger partial charge in [0.15, 0.2) is 31.0 Å². The van der Waals surface area contributed by atoms with Gasteiger partial charge in [0.2, 0.25) is 0 Å². The van der Waals surface area contributed by atoms with E-state index >= 15 is 0 Å². The highest BCUT2D eigenvalue weighted by Crippen LogP contribution is 1.98. The molecule has 0 fully saturated rings. The molecule has 1 N–H and O–H groups in total. The van der Waals surface area contributed by atoms with Crippen LogP contribution in [0.5, 0.6) is 0 Å². The van der Waals surface area contributed by atoms with Gasteiger partial charge in [0.1, 0.15) is 0 Å². The molecule has 0 radical (unpaired) electrons. The van der Waals surface area contributed by atoms with Crippen molar-refractivity contribution >= 4 is 31.0 Å². The van der Waals surface area contributed by atoms with Crippen molar-refractivity contribution in [1.82, 2.24) is 0 Å². The molecule has 0 rings (SSSR count). The maximum Gasteiger partial charge on any atom is 0.198 e. The van der Waals surface area contributed by atoms with Crippen LogP contribution in [-0.4, -0.2) is 16.3 Å². The van der Waals surface area contributed by atoms with E-state index in [9.17, 15) is 0 Å². The normalized spacial score (nSPS) is 9.00. The second-order valence-electron chi connectivity index (χ2n) is 1.62. The van der Waals surface area contributed by atoms with Crippen molar-refractivity contribution in [2.24, 2.45) is 0 Å². The quantitative estimate of drug-likeness (QED) is 0.569. The number of halogens is 2. The van der Waals surface area contributed by atoms with Crippen LogP contribution in [0.4, 0.5) is 0 Å². The molecular formula is C5H12Cl2O2S. The fraction of sp³-hybridized carbons (Fsp3) is 1.00. The summed E-state index contributed by atoms with van der Waals surface area (Å²) in [5, 5.41) is 8.20. The topological polar surface area (TPSA) is 43.3 Å². The number of hydrogen-bond donors (Lipinski definition) is 1. The molecule has 0 aliphatic rings. The lowest BCUT2D eigenvalue weighted by atomic mass is 10.3. The van der Waals surface area contributed by atoms with E-state index in [1.807, 2.05) is 0 Å². The van der Waals surface area contributed by atoms with E-state index in [0.717, 1.165) is 12.8 Å². The predicted molar refractivity (Wildman–Crippen MR) is 46.5 cm³/mol. The molecule has 0 aromatic heterocycles. The van der Waals surface area contributed by atoms with Gasteiger partial charge in [0.05, 0.1) is 0 Å². The van der Waals surface area contributed by atoms with Crippen LogP contribution in [0.15, 0.2) is 0 Å². The summed E-state index contributed by atoms with van der Waals surface area (Å²) in [5.74, 6) is 0. The van der Waals surface area contributed by atoms with Crippen molar-refractivity contribution in [3.05, 3.63) is 0 Å². The first-order valence-electron chi connectivity index (χ1n) is 3.00. The number of aliphatic hydroxyl groups excluding tert-OH is 1. The molecule has 0 saturated heterocycles. The molecule has 0 aliphatic carbocycles. The first-order valence-corrected chi connectivity index (χ1v) is 5.80. The van der Waals surface area contributed by atoms with Gasteiger partial charge >= 0.3 is 0 Å². The van der Waals surface area contributed by atoms with Gasteiger partial charge < -0.3 is 9.66 Å². The average Bonchev–Trinajstić information content (AvgIpc) is 1.82. The summed E-state index contributed by atoms with van der Waals surface area (Å²) in [6.07, 6.45) is 3.33. The van der Waals surface area contributed by atoms with E-state index < -0.39 is 9.60 Å². The molecule has 0 aromatic rings. The van der Waals surface area contributed by atoms with Crippen LogP contribution < -0.4 is 0 Å². The van der Waals surface area contributed by atoms with Crippen molar-refractivity contribution in [2.75, 3.05) is 6.61 Å². The SMILES string of the molecule is CCCCCO.[O-][S+](Cl)Cl. The monoisotopic (exact) mass is 206 g/mol. The van der Waals surface area contributed by atoms with Crippen LogP contribution in [0.1, 0.15) is 26.2 Å². The van der Waals surface area contributed by atoms with Gasteiger partial charge in [0.25, 0.3) is 0 Å². The van der Waals surface area contributed by atoms with Gasteiger partial charge in [-0.2, -0.15) is 0 Å². The number of aliphatic hydroxyl groups is 1. The van der Waals surface area contributed by atoms with E-state index in [1.54, 1.807) is 0 Å². The highest BCUT2D eigenvalue weighted by molar-refractivity contribution is 8.31. The van der Waals surface area contributed by atoms with Crippen molar-refractivity contribution < 1.29 is 9.66 Å². The zero-order valence-corrected chi connectivity index (χ0v) is 8.18. The minimum Gasteiger partial charge on any atom is -0.582 e. The van der Waals surface area contributed by atoms with Gasteiger partial charge in [0, 0.05) is 6.61 Å². The van der Waals surface area contributed by atoms with E-state index in [0.29, 0.717) is 6.61 Å². The molecule has 0 heterocycles. The Balaban J connectivity index is 0. The summed E-state index contributed by atoms with van der Waals surface area (Å²) in [5.41, 5.74) is 0. The molecule has 0 spiro atoms. The van der Waals surface area contributed by atoms with Crippen molar-refractivity contribution in [2.45, 2.75) is 26.2 Å². The number of hydrogen-bond acceptors (Lipinski definition) is 2. The highest BCUT2D eigenvalue weighted by Gasteiger charge is 1.83. The van der Waals surface area contributed by atoms with Crippen molar-refractivity contribution in [1.29, 1.82) is 0 Å². The molecule has 5 heteroatoms. The molecule has 64 valence electrons. The largest absolute Gasteiger partial charge is 0.582 e. The Bertz CT molecular complexity index is 48.2. The van der Waals surface area contributed by atoms with Gasteiger partial charge in [-0.1, -0.05) is 19.8 Å². The van der Waals surface area contributed by atoms with E-state index in [2.05, 4.69) is 28.3 Å². The first kappa shape index (κ1) is 13.4. The summed E-state index contributed by atoms with van der Waals surface area (Å²) in [6, 6.07) is 0. The van der Waals surface area contributed by atoms with Crippen LogP contribution in [0.2, 0.25) is 0 Å². The van der Waals surface area contributed by atoms with Crippen molar-refractivity contribution in [3.63, 3.8) is 0 Å². The lowest BCUT2D eigenvalue weighted by Crippen LogP contribution is -1.78. The molecule has 10 heavy (non-hydrogen) atoms. The lowest BCUT2D eigenvalue weighted by Gasteiger charge is -1.85. The highest BCUT2D eigenvalue weighted by atomic mass is 36.0. The Morgan fingerprint density at radius 2 is 1.80 bits per heavy atom. The van der Waals surface area contributed by atoms with Gasteiger partial charge in [-0.15, -0.1) is 0 Å². The van der Waals surface area contributed by atoms with Crippen LogP contribution >= 0.6 is 21.4 Å². The van der Waals surface area contributed by atoms with Crippen LogP contribution in [0.25, 0.3) is 0 Å². The number of unbranched alkanes of at least 4 members (excludes halogenated alkanes) is 2. The maximum absolute atomic E-state index is 9.09. The minimum atomic E-state index is -1.67. The van der Waals surface area contributed by atoms with E-state index in [-0.39, 0.29) is 0 Å². The fourth-order valence-corrected chi connectivity index (χ4v) is 0.362. The zero-order chi connectivity index (χ0) is 8.41. The average molecular weight is 207 g/mol. The molecule has 0 saturated carbocycles. The van der Waals surface area contributed by atoms with E-state index in [4.69, 9.17) is 9.66 Å². The Morgan fingerprint density at radius 1 is 1.40 bits per heavy atom. The Labute approximate surface area is 73.7 Å². The molecule has 0 amide bonds. The molecule has 0 bridgehead atoms. The maximum atomic E-state index is 9.09. The van der Waals surface area contributed by atoms with Gasteiger partial charge in [-0.25, -0.2) is 0 Å². The Kier molecular flexibility index (Phi) is 16.8.